The van der Waals surface area contributed by atoms with E-state index in [0.29, 0.717) is 17.8 Å². The number of hydrogen-bond acceptors (Lipinski definition) is 3. The molecule has 1 atom stereocenters. The normalized spacial score (nSPS) is 12.2. The van der Waals surface area contributed by atoms with Crippen LogP contribution in [-0.4, -0.2) is 28.6 Å². The highest BCUT2D eigenvalue weighted by atomic mass is 32.1. The Morgan fingerprint density at radius 3 is 2.43 bits per heavy atom. The maximum absolute atomic E-state index is 13.1. The third-order valence-electron chi connectivity index (χ3n) is 3.87. The number of amides is 1. The number of thiophene rings is 1. The average molecular weight is 335 g/mol. The molecule has 0 aliphatic rings. The number of rotatable bonds is 7. The van der Waals surface area contributed by atoms with Gasteiger partial charge in [-0.25, -0.2) is 4.39 Å². The molecule has 1 heterocycles. The van der Waals surface area contributed by atoms with Gasteiger partial charge in [0.2, 0.25) is 0 Å². The largest absolute Gasteiger partial charge is 0.394 e. The van der Waals surface area contributed by atoms with Crippen molar-refractivity contribution < 1.29 is 14.3 Å². The molecule has 2 aromatic rings. The van der Waals surface area contributed by atoms with E-state index in [0.717, 1.165) is 16.9 Å². The van der Waals surface area contributed by atoms with Crippen molar-refractivity contribution in [3.8, 4) is 0 Å². The molecular formula is C18H22FNO2S. The third kappa shape index (κ3) is 4.39. The highest BCUT2D eigenvalue weighted by Gasteiger charge is 2.24. The van der Waals surface area contributed by atoms with Crippen LogP contribution in [0, 0.1) is 5.82 Å². The van der Waals surface area contributed by atoms with E-state index in [1.165, 1.54) is 23.5 Å². The van der Waals surface area contributed by atoms with Crippen molar-refractivity contribution in [1.82, 2.24) is 4.90 Å². The molecule has 0 aliphatic heterocycles. The van der Waals surface area contributed by atoms with Gasteiger partial charge in [0, 0.05) is 11.4 Å². The zero-order chi connectivity index (χ0) is 16.8. The molecule has 1 aromatic carbocycles. The summed E-state index contributed by atoms with van der Waals surface area (Å²) in [6.07, 6.45) is 1.56. The summed E-state index contributed by atoms with van der Waals surface area (Å²) < 4.78 is 13.1. The van der Waals surface area contributed by atoms with E-state index in [2.05, 4.69) is 6.92 Å². The van der Waals surface area contributed by atoms with Crippen molar-refractivity contribution in [2.24, 2.45) is 0 Å². The first-order valence-corrected chi connectivity index (χ1v) is 8.65. The van der Waals surface area contributed by atoms with Crippen LogP contribution in [0.4, 0.5) is 4.39 Å². The van der Waals surface area contributed by atoms with Crippen LogP contribution in [0.1, 0.15) is 40.4 Å². The molecule has 0 saturated heterocycles. The van der Waals surface area contributed by atoms with E-state index in [4.69, 9.17) is 0 Å². The molecule has 2 rings (SSSR count). The van der Waals surface area contributed by atoms with Crippen LogP contribution in [0.25, 0.3) is 0 Å². The smallest absolute Gasteiger partial charge is 0.264 e. The second-order valence-corrected chi connectivity index (χ2v) is 6.59. The van der Waals surface area contributed by atoms with Crippen LogP contribution in [-0.2, 0) is 13.0 Å². The van der Waals surface area contributed by atoms with Crippen molar-refractivity contribution in [3.05, 3.63) is 57.5 Å². The molecule has 124 valence electrons. The minimum Gasteiger partial charge on any atom is -0.394 e. The summed E-state index contributed by atoms with van der Waals surface area (Å²) in [5.74, 6) is -0.383. The SMILES string of the molecule is CCc1ccc(C(=O)N(Cc2ccc(F)cc2)[C@H](CC)CO)s1. The number of aliphatic hydroxyl groups is 1. The standard InChI is InChI=1S/C18H22FNO2S/c1-3-15(12-21)20(11-13-5-7-14(19)8-6-13)18(22)17-10-9-16(4-2)23-17/h5-10,15,21H,3-4,11-12H2,1-2H3/t15-/m1/s1. The second-order valence-electron chi connectivity index (χ2n) is 5.42. The monoisotopic (exact) mass is 335 g/mol. The van der Waals surface area contributed by atoms with Gasteiger partial charge in [-0.05, 0) is 42.7 Å². The predicted molar refractivity (Wildman–Crippen MR) is 91.1 cm³/mol. The number of nitrogens with zero attached hydrogens (tertiary/aromatic N) is 1. The van der Waals surface area contributed by atoms with Crippen LogP contribution < -0.4 is 0 Å². The molecule has 3 nitrogen and oxygen atoms in total. The Bertz CT molecular complexity index is 635. The molecule has 5 heteroatoms. The maximum Gasteiger partial charge on any atom is 0.264 e. The lowest BCUT2D eigenvalue weighted by Gasteiger charge is -2.29. The molecule has 1 N–H and O–H groups in total. The molecular weight excluding hydrogens is 313 g/mol. The van der Waals surface area contributed by atoms with Crippen molar-refractivity contribution in [3.63, 3.8) is 0 Å². The summed E-state index contributed by atoms with van der Waals surface area (Å²) in [5.41, 5.74) is 0.846. The zero-order valence-corrected chi connectivity index (χ0v) is 14.3. The van der Waals surface area contributed by atoms with E-state index in [1.807, 2.05) is 19.1 Å². The number of hydrogen-bond donors (Lipinski definition) is 1. The quantitative estimate of drug-likeness (QED) is 0.834. The fraction of sp³-hybridized carbons (Fsp3) is 0.389. The summed E-state index contributed by atoms with van der Waals surface area (Å²) >= 11 is 1.49. The molecule has 0 unspecified atom stereocenters. The summed E-state index contributed by atoms with van der Waals surface area (Å²) in [6.45, 7) is 4.27. The maximum atomic E-state index is 13.1. The molecule has 0 bridgehead atoms. The molecule has 0 aliphatic carbocycles. The first-order valence-electron chi connectivity index (χ1n) is 7.84. The minimum absolute atomic E-state index is 0.0834. The van der Waals surface area contributed by atoms with Gasteiger partial charge in [-0.15, -0.1) is 11.3 Å². The highest BCUT2D eigenvalue weighted by Crippen LogP contribution is 2.22. The van der Waals surface area contributed by atoms with Crippen molar-refractivity contribution >= 4 is 17.2 Å². The predicted octanol–water partition coefficient (Wildman–Crippen LogP) is 3.86. The van der Waals surface area contributed by atoms with Gasteiger partial charge >= 0.3 is 0 Å². The first-order chi connectivity index (χ1) is 11.1. The Hall–Kier alpha value is -1.72. The summed E-state index contributed by atoms with van der Waals surface area (Å²) in [7, 11) is 0. The van der Waals surface area contributed by atoms with Gasteiger partial charge in [-0.2, -0.15) is 0 Å². The summed E-state index contributed by atoms with van der Waals surface area (Å²) in [5, 5.41) is 9.62. The van der Waals surface area contributed by atoms with Gasteiger partial charge < -0.3 is 10.0 Å². The fourth-order valence-corrected chi connectivity index (χ4v) is 3.33. The molecule has 23 heavy (non-hydrogen) atoms. The fourth-order valence-electron chi connectivity index (χ4n) is 2.43. The van der Waals surface area contributed by atoms with Crippen LogP contribution in [0.2, 0.25) is 0 Å². The van der Waals surface area contributed by atoms with E-state index in [-0.39, 0.29) is 24.4 Å². The Morgan fingerprint density at radius 2 is 1.91 bits per heavy atom. The molecule has 1 aromatic heterocycles. The number of carbonyl (C=O) groups is 1. The zero-order valence-electron chi connectivity index (χ0n) is 13.5. The summed E-state index contributed by atoms with van der Waals surface area (Å²) in [6, 6.07) is 9.68. The van der Waals surface area contributed by atoms with Gasteiger partial charge in [0.25, 0.3) is 5.91 Å². The van der Waals surface area contributed by atoms with Crippen LogP contribution in [0.5, 0.6) is 0 Å². The minimum atomic E-state index is -0.299. The van der Waals surface area contributed by atoms with Crippen LogP contribution in [0.15, 0.2) is 36.4 Å². The Balaban J connectivity index is 2.25. The van der Waals surface area contributed by atoms with E-state index >= 15 is 0 Å². The average Bonchev–Trinajstić information content (AvgIpc) is 3.05. The van der Waals surface area contributed by atoms with E-state index in [1.54, 1.807) is 17.0 Å². The number of aryl methyl sites for hydroxylation is 1. The summed E-state index contributed by atoms with van der Waals surface area (Å²) in [4.78, 5) is 16.4. The molecule has 0 spiro atoms. The number of aliphatic hydroxyl groups excluding tert-OH is 1. The molecule has 0 saturated carbocycles. The van der Waals surface area contributed by atoms with Crippen LogP contribution in [0.3, 0.4) is 0 Å². The Morgan fingerprint density at radius 1 is 1.22 bits per heavy atom. The lowest BCUT2D eigenvalue weighted by Crippen LogP contribution is -2.41. The number of halogens is 1. The second kappa shape index (κ2) is 8.22. The topological polar surface area (TPSA) is 40.5 Å². The third-order valence-corrected chi connectivity index (χ3v) is 5.09. The van der Waals surface area contributed by atoms with Gasteiger partial charge in [0.05, 0.1) is 17.5 Å². The number of benzene rings is 1. The lowest BCUT2D eigenvalue weighted by atomic mass is 10.1. The Labute approximate surface area is 140 Å². The lowest BCUT2D eigenvalue weighted by molar-refractivity contribution is 0.0568. The van der Waals surface area contributed by atoms with Gasteiger partial charge in [0.15, 0.2) is 0 Å². The van der Waals surface area contributed by atoms with Gasteiger partial charge in [-0.3, -0.25) is 4.79 Å². The van der Waals surface area contributed by atoms with Gasteiger partial charge in [0.1, 0.15) is 5.82 Å². The van der Waals surface area contributed by atoms with E-state index in [9.17, 15) is 14.3 Å². The molecule has 0 radical (unpaired) electrons. The van der Waals surface area contributed by atoms with E-state index < -0.39 is 0 Å². The van der Waals surface area contributed by atoms with Crippen molar-refractivity contribution in [2.75, 3.05) is 6.61 Å². The highest BCUT2D eigenvalue weighted by molar-refractivity contribution is 7.14. The molecule has 1 amide bonds. The van der Waals surface area contributed by atoms with Crippen molar-refractivity contribution in [2.45, 2.75) is 39.3 Å². The Kier molecular flexibility index (Phi) is 6.30. The number of carbonyl (C=O) groups excluding carboxylic acids is 1. The van der Waals surface area contributed by atoms with Crippen molar-refractivity contribution in [1.29, 1.82) is 0 Å². The molecule has 0 fully saturated rings. The first kappa shape index (κ1) is 17.6. The van der Waals surface area contributed by atoms with Gasteiger partial charge in [-0.1, -0.05) is 26.0 Å². The van der Waals surface area contributed by atoms with Crippen LogP contribution >= 0.6 is 11.3 Å².